The van der Waals surface area contributed by atoms with Crippen LogP contribution in [0.5, 0.6) is 5.75 Å². The van der Waals surface area contributed by atoms with Crippen LogP contribution in [-0.4, -0.2) is 32.3 Å². The van der Waals surface area contributed by atoms with Crippen LogP contribution in [0.2, 0.25) is 0 Å². The van der Waals surface area contributed by atoms with Gasteiger partial charge in [0.25, 0.3) is 0 Å². The van der Waals surface area contributed by atoms with E-state index < -0.39 is 0 Å². The van der Waals surface area contributed by atoms with E-state index in [-0.39, 0.29) is 11.4 Å². The minimum Gasteiger partial charge on any atom is -0.494 e. The standard InChI is InChI=1S/C14H21FN2O/c1-4-14(2)10-17(8-7-16-14)11-5-6-13(18-3)12(15)9-11/h5-6,9,16H,4,7-8,10H2,1-3H3. The van der Waals surface area contributed by atoms with Gasteiger partial charge in [-0.05, 0) is 25.5 Å². The van der Waals surface area contributed by atoms with Gasteiger partial charge in [0.1, 0.15) is 0 Å². The van der Waals surface area contributed by atoms with E-state index in [2.05, 4.69) is 24.1 Å². The molecule has 1 N–H and O–H groups in total. The maximum atomic E-state index is 13.7. The van der Waals surface area contributed by atoms with Crippen LogP contribution in [0.1, 0.15) is 20.3 Å². The normalized spacial score (nSPS) is 24.1. The average Bonchev–Trinajstić information content (AvgIpc) is 2.39. The number of nitrogens with zero attached hydrogens (tertiary/aromatic N) is 1. The zero-order valence-corrected chi connectivity index (χ0v) is 11.3. The molecule has 2 rings (SSSR count). The van der Waals surface area contributed by atoms with Crippen LogP contribution in [0.25, 0.3) is 0 Å². The molecular formula is C14H21FN2O. The summed E-state index contributed by atoms with van der Waals surface area (Å²) >= 11 is 0. The first-order valence-corrected chi connectivity index (χ1v) is 6.41. The Morgan fingerprint density at radius 1 is 1.50 bits per heavy atom. The van der Waals surface area contributed by atoms with Gasteiger partial charge in [-0.15, -0.1) is 0 Å². The number of nitrogens with one attached hydrogen (secondary N) is 1. The van der Waals surface area contributed by atoms with Gasteiger partial charge in [-0.3, -0.25) is 0 Å². The Bertz CT molecular complexity index is 424. The van der Waals surface area contributed by atoms with E-state index in [0.717, 1.165) is 31.7 Å². The van der Waals surface area contributed by atoms with Gasteiger partial charge in [0, 0.05) is 36.9 Å². The fourth-order valence-corrected chi connectivity index (χ4v) is 2.36. The van der Waals surface area contributed by atoms with Crippen LogP contribution < -0.4 is 15.0 Å². The smallest absolute Gasteiger partial charge is 0.167 e. The largest absolute Gasteiger partial charge is 0.494 e. The molecule has 4 heteroatoms. The Balaban J connectivity index is 2.18. The van der Waals surface area contributed by atoms with Gasteiger partial charge in [-0.2, -0.15) is 0 Å². The predicted octanol–water partition coefficient (Wildman–Crippen LogP) is 2.41. The van der Waals surface area contributed by atoms with Crippen molar-refractivity contribution in [3.05, 3.63) is 24.0 Å². The van der Waals surface area contributed by atoms with Crippen molar-refractivity contribution < 1.29 is 9.13 Å². The second-order valence-electron chi connectivity index (χ2n) is 5.08. The highest BCUT2D eigenvalue weighted by Crippen LogP contribution is 2.26. The first-order chi connectivity index (χ1) is 8.58. The van der Waals surface area contributed by atoms with E-state index in [1.165, 1.54) is 7.11 Å². The van der Waals surface area contributed by atoms with E-state index in [4.69, 9.17) is 4.74 Å². The van der Waals surface area contributed by atoms with Gasteiger partial charge < -0.3 is 15.0 Å². The van der Waals surface area contributed by atoms with Gasteiger partial charge in [0.15, 0.2) is 11.6 Å². The summed E-state index contributed by atoms with van der Waals surface area (Å²) < 4.78 is 18.7. The van der Waals surface area contributed by atoms with Crippen molar-refractivity contribution in [1.29, 1.82) is 0 Å². The minimum absolute atomic E-state index is 0.106. The molecule has 1 unspecified atom stereocenters. The second-order valence-corrected chi connectivity index (χ2v) is 5.08. The number of hydrogen-bond acceptors (Lipinski definition) is 3. The summed E-state index contributed by atoms with van der Waals surface area (Å²) in [6.45, 7) is 7.11. The molecule has 0 amide bonds. The highest BCUT2D eigenvalue weighted by molar-refractivity contribution is 5.50. The quantitative estimate of drug-likeness (QED) is 0.894. The molecule has 0 aromatic heterocycles. The van der Waals surface area contributed by atoms with Gasteiger partial charge in [-0.1, -0.05) is 6.92 Å². The molecule has 1 aliphatic heterocycles. The van der Waals surface area contributed by atoms with Gasteiger partial charge in [0.2, 0.25) is 0 Å². The van der Waals surface area contributed by atoms with Crippen molar-refractivity contribution in [2.24, 2.45) is 0 Å². The van der Waals surface area contributed by atoms with Gasteiger partial charge in [0.05, 0.1) is 7.11 Å². The van der Waals surface area contributed by atoms with Crippen molar-refractivity contribution in [3.8, 4) is 5.75 Å². The average molecular weight is 252 g/mol. The number of rotatable bonds is 3. The summed E-state index contributed by atoms with van der Waals surface area (Å²) in [7, 11) is 1.48. The SMILES string of the molecule is CCC1(C)CN(c2ccc(OC)c(F)c2)CCN1. The summed E-state index contributed by atoms with van der Waals surface area (Å²) in [5.41, 5.74) is 1.03. The Labute approximate surface area is 108 Å². The molecule has 0 bridgehead atoms. The summed E-state index contributed by atoms with van der Waals surface area (Å²) in [6.07, 6.45) is 1.06. The van der Waals surface area contributed by atoms with Crippen molar-refractivity contribution >= 4 is 5.69 Å². The van der Waals surface area contributed by atoms with E-state index in [1.807, 2.05) is 6.07 Å². The van der Waals surface area contributed by atoms with E-state index in [0.29, 0.717) is 5.75 Å². The summed E-state index contributed by atoms with van der Waals surface area (Å²) in [6, 6.07) is 5.17. The molecule has 0 saturated carbocycles. The molecule has 0 spiro atoms. The lowest BCUT2D eigenvalue weighted by Crippen LogP contribution is -2.58. The number of halogens is 1. The van der Waals surface area contributed by atoms with Gasteiger partial charge >= 0.3 is 0 Å². The lowest BCUT2D eigenvalue weighted by atomic mass is 9.95. The molecule has 0 aliphatic carbocycles. The maximum Gasteiger partial charge on any atom is 0.167 e. The third kappa shape index (κ3) is 2.58. The number of methoxy groups -OCH3 is 1. The zero-order valence-electron chi connectivity index (χ0n) is 11.3. The molecule has 1 atom stereocenters. The van der Waals surface area contributed by atoms with E-state index in [1.54, 1.807) is 12.1 Å². The third-order valence-corrected chi connectivity index (χ3v) is 3.75. The van der Waals surface area contributed by atoms with Crippen LogP contribution in [0, 0.1) is 5.82 Å². The molecule has 3 nitrogen and oxygen atoms in total. The van der Waals surface area contributed by atoms with Crippen LogP contribution in [0.4, 0.5) is 10.1 Å². The molecule has 1 heterocycles. The number of hydrogen-bond donors (Lipinski definition) is 1. The summed E-state index contributed by atoms with van der Waals surface area (Å²) in [5.74, 6) is -0.00104. The third-order valence-electron chi connectivity index (χ3n) is 3.75. The highest BCUT2D eigenvalue weighted by Gasteiger charge is 2.29. The first kappa shape index (κ1) is 13.1. The lowest BCUT2D eigenvalue weighted by molar-refractivity contribution is 0.314. The Morgan fingerprint density at radius 2 is 2.28 bits per heavy atom. The number of piperazine rings is 1. The fourth-order valence-electron chi connectivity index (χ4n) is 2.36. The topological polar surface area (TPSA) is 24.5 Å². The van der Waals surface area contributed by atoms with Crippen molar-refractivity contribution in [2.45, 2.75) is 25.8 Å². The molecule has 1 aromatic rings. The van der Waals surface area contributed by atoms with Crippen LogP contribution in [0.3, 0.4) is 0 Å². The van der Waals surface area contributed by atoms with Crippen molar-refractivity contribution in [2.75, 3.05) is 31.6 Å². The monoisotopic (exact) mass is 252 g/mol. The molecule has 1 aromatic carbocycles. The van der Waals surface area contributed by atoms with Crippen molar-refractivity contribution in [1.82, 2.24) is 5.32 Å². The van der Waals surface area contributed by atoms with E-state index >= 15 is 0 Å². The lowest BCUT2D eigenvalue weighted by Gasteiger charge is -2.42. The number of ether oxygens (including phenoxy) is 1. The molecular weight excluding hydrogens is 231 g/mol. The Hall–Kier alpha value is -1.29. The number of anilines is 1. The molecule has 18 heavy (non-hydrogen) atoms. The van der Waals surface area contributed by atoms with Crippen LogP contribution in [-0.2, 0) is 0 Å². The predicted molar refractivity (Wildman–Crippen MR) is 71.9 cm³/mol. The first-order valence-electron chi connectivity index (χ1n) is 6.41. The molecule has 1 aliphatic rings. The second kappa shape index (κ2) is 5.14. The molecule has 100 valence electrons. The summed E-state index contributed by atoms with van der Waals surface area (Å²) in [5, 5.41) is 3.52. The highest BCUT2D eigenvalue weighted by atomic mass is 19.1. The van der Waals surface area contributed by atoms with E-state index in [9.17, 15) is 4.39 Å². The molecule has 1 saturated heterocycles. The molecule has 1 fully saturated rings. The van der Waals surface area contributed by atoms with Crippen LogP contribution in [0.15, 0.2) is 18.2 Å². The van der Waals surface area contributed by atoms with Crippen LogP contribution >= 0.6 is 0 Å². The Morgan fingerprint density at radius 3 is 2.89 bits per heavy atom. The minimum atomic E-state index is -0.299. The zero-order chi connectivity index (χ0) is 13.2. The summed E-state index contributed by atoms with van der Waals surface area (Å²) in [4.78, 5) is 2.22. The fraction of sp³-hybridized carbons (Fsp3) is 0.571. The van der Waals surface area contributed by atoms with Crippen molar-refractivity contribution in [3.63, 3.8) is 0 Å². The maximum absolute atomic E-state index is 13.7. The van der Waals surface area contributed by atoms with Gasteiger partial charge in [-0.25, -0.2) is 4.39 Å². The number of benzene rings is 1. The molecule has 0 radical (unpaired) electrons. The Kier molecular flexibility index (Phi) is 3.76.